The topological polar surface area (TPSA) is 91.6 Å². The molecule has 2 aromatic carbocycles. The van der Waals surface area contributed by atoms with Gasteiger partial charge in [0.15, 0.2) is 0 Å². The van der Waals surface area contributed by atoms with Crippen molar-refractivity contribution in [3.8, 4) is 5.75 Å². The SMILES string of the molecule is Cc1cccc2nc(COC(=O)Oc3ccc([N+](=O)[O-])cc3)sc12. The van der Waals surface area contributed by atoms with Gasteiger partial charge in [0.05, 0.1) is 15.1 Å². The van der Waals surface area contributed by atoms with Crippen LogP contribution in [0.2, 0.25) is 0 Å². The summed E-state index contributed by atoms with van der Waals surface area (Å²) in [7, 11) is 0. The van der Waals surface area contributed by atoms with Gasteiger partial charge in [0.1, 0.15) is 17.4 Å². The Morgan fingerprint density at radius 2 is 2.00 bits per heavy atom. The zero-order valence-electron chi connectivity index (χ0n) is 12.6. The van der Waals surface area contributed by atoms with Crippen LogP contribution in [0.25, 0.3) is 10.2 Å². The first kappa shape index (κ1) is 15.9. The third-order valence-electron chi connectivity index (χ3n) is 3.22. The molecule has 24 heavy (non-hydrogen) atoms. The molecular formula is C16H12N2O5S. The normalized spacial score (nSPS) is 10.5. The minimum absolute atomic E-state index is 0.00456. The van der Waals surface area contributed by atoms with Crippen molar-refractivity contribution >= 4 is 33.4 Å². The largest absolute Gasteiger partial charge is 0.514 e. The maximum absolute atomic E-state index is 11.7. The number of carbonyl (C=O) groups excluding carboxylic acids is 1. The standard InChI is InChI=1S/C16H12N2O5S/c1-10-3-2-4-13-15(10)24-14(17-13)9-22-16(19)23-12-7-5-11(6-8-12)18(20)21/h2-8H,9H2,1H3. The van der Waals surface area contributed by atoms with Gasteiger partial charge >= 0.3 is 6.16 Å². The number of aromatic nitrogens is 1. The second-order valence-electron chi connectivity index (χ2n) is 4.92. The molecule has 1 heterocycles. The highest BCUT2D eigenvalue weighted by Crippen LogP contribution is 2.25. The van der Waals surface area contributed by atoms with Crippen molar-refractivity contribution in [3.63, 3.8) is 0 Å². The Morgan fingerprint density at radius 3 is 2.67 bits per heavy atom. The summed E-state index contributed by atoms with van der Waals surface area (Å²) in [6.07, 6.45) is -0.889. The van der Waals surface area contributed by atoms with Crippen LogP contribution in [-0.4, -0.2) is 16.1 Å². The van der Waals surface area contributed by atoms with E-state index in [2.05, 4.69) is 4.98 Å². The fraction of sp³-hybridized carbons (Fsp3) is 0.125. The Balaban J connectivity index is 1.60. The van der Waals surface area contributed by atoms with Crippen LogP contribution < -0.4 is 4.74 Å². The number of ether oxygens (including phenoxy) is 2. The smallest absolute Gasteiger partial charge is 0.427 e. The van der Waals surface area contributed by atoms with E-state index in [9.17, 15) is 14.9 Å². The molecule has 0 spiro atoms. The minimum Gasteiger partial charge on any atom is -0.427 e. The number of rotatable bonds is 4. The van der Waals surface area contributed by atoms with Crippen molar-refractivity contribution in [1.82, 2.24) is 4.98 Å². The molecule has 3 rings (SSSR count). The summed E-state index contributed by atoms with van der Waals surface area (Å²) in [5, 5.41) is 11.2. The van der Waals surface area contributed by atoms with Crippen LogP contribution in [0.15, 0.2) is 42.5 Å². The van der Waals surface area contributed by atoms with Crippen LogP contribution in [0.3, 0.4) is 0 Å². The average Bonchev–Trinajstić information content (AvgIpc) is 2.98. The lowest BCUT2D eigenvalue weighted by molar-refractivity contribution is -0.384. The lowest BCUT2D eigenvalue weighted by Crippen LogP contribution is -2.10. The summed E-state index contributed by atoms with van der Waals surface area (Å²) >= 11 is 1.46. The van der Waals surface area contributed by atoms with Gasteiger partial charge in [-0.2, -0.15) is 0 Å². The van der Waals surface area contributed by atoms with Crippen LogP contribution in [0.4, 0.5) is 10.5 Å². The lowest BCUT2D eigenvalue weighted by Gasteiger charge is -2.04. The van der Waals surface area contributed by atoms with Gasteiger partial charge in [0, 0.05) is 12.1 Å². The maximum Gasteiger partial charge on any atom is 0.514 e. The predicted molar refractivity (Wildman–Crippen MR) is 88.3 cm³/mol. The van der Waals surface area contributed by atoms with E-state index in [0.29, 0.717) is 5.01 Å². The second-order valence-corrected chi connectivity index (χ2v) is 6.01. The molecule has 0 bridgehead atoms. The molecule has 8 heteroatoms. The van der Waals surface area contributed by atoms with E-state index in [1.165, 1.54) is 35.6 Å². The number of fused-ring (bicyclic) bond motifs is 1. The van der Waals surface area contributed by atoms with Crippen molar-refractivity contribution in [3.05, 3.63) is 63.1 Å². The highest BCUT2D eigenvalue weighted by atomic mass is 32.1. The molecule has 0 aliphatic heterocycles. The number of hydrogen-bond donors (Lipinski definition) is 0. The van der Waals surface area contributed by atoms with Gasteiger partial charge in [0.2, 0.25) is 0 Å². The molecule has 1 aromatic heterocycles. The van der Waals surface area contributed by atoms with Crippen LogP contribution in [0.5, 0.6) is 5.75 Å². The first-order valence-electron chi connectivity index (χ1n) is 6.97. The van der Waals surface area contributed by atoms with Crippen LogP contribution >= 0.6 is 11.3 Å². The van der Waals surface area contributed by atoms with E-state index in [1.807, 2.05) is 25.1 Å². The Morgan fingerprint density at radius 1 is 1.25 bits per heavy atom. The van der Waals surface area contributed by atoms with E-state index in [4.69, 9.17) is 9.47 Å². The predicted octanol–water partition coefficient (Wildman–Crippen LogP) is 4.23. The van der Waals surface area contributed by atoms with Gasteiger partial charge in [0.25, 0.3) is 5.69 Å². The van der Waals surface area contributed by atoms with Crippen LogP contribution in [0.1, 0.15) is 10.6 Å². The quantitative estimate of drug-likeness (QED) is 0.304. The van der Waals surface area contributed by atoms with Crippen LogP contribution in [0, 0.1) is 17.0 Å². The van der Waals surface area contributed by atoms with E-state index in [-0.39, 0.29) is 18.0 Å². The Kier molecular flexibility index (Phi) is 4.39. The number of carbonyl (C=O) groups is 1. The fourth-order valence-electron chi connectivity index (χ4n) is 2.08. The molecule has 0 saturated carbocycles. The molecule has 0 atom stereocenters. The maximum atomic E-state index is 11.7. The summed E-state index contributed by atoms with van der Waals surface area (Å²) in [6, 6.07) is 11.0. The van der Waals surface area contributed by atoms with Gasteiger partial charge < -0.3 is 9.47 Å². The number of nitrogens with zero attached hydrogens (tertiary/aromatic N) is 2. The van der Waals surface area contributed by atoms with Crippen molar-refractivity contribution in [2.24, 2.45) is 0 Å². The summed E-state index contributed by atoms with van der Waals surface area (Å²) in [5.41, 5.74) is 1.90. The second kappa shape index (κ2) is 6.63. The zero-order chi connectivity index (χ0) is 17.1. The number of hydrogen-bond acceptors (Lipinski definition) is 7. The zero-order valence-corrected chi connectivity index (χ0v) is 13.4. The minimum atomic E-state index is -0.889. The highest BCUT2D eigenvalue weighted by Gasteiger charge is 2.11. The monoisotopic (exact) mass is 344 g/mol. The van der Waals surface area contributed by atoms with E-state index < -0.39 is 11.1 Å². The number of thiazole rings is 1. The fourth-order valence-corrected chi connectivity index (χ4v) is 3.02. The number of aryl methyl sites for hydroxylation is 1. The molecule has 0 fully saturated rings. The van der Waals surface area contributed by atoms with Gasteiger partial charge in [-0.1, -0.05) is 12.1 Å². The number of non-ortho nitro benzene ring substituents is 1. The summed E-state index contributed by atoms with van der Waals surface area (Å²) in [5.74, 6) is 0.172. The summed E-state index contributed by atoms with van der Waals surface area (Å²) in [6.45, 7) is 2.00. The molecule has 0 unspecified atom stereocenters. The number of benzene rings is 2. The van der Waals surface area contributed by atoms with Gasteiger partial charge in [-0.15, -0.1) is 11.3 Å². The first-order chi connectivity index (χ1) is 11.5. The van der Waals surface area contributed by atoms with E-state index in [1.54, 1.807) is 0 Å². The molecule has 0 saturated heterocycles. The van der Waals surface area contributed by atoms with Crippen molar-refractivity contribution in [2.45, 2.75) is 13.5 Å². The molecule has 0 amide bonds. The molecular weight excluding hydrogens is 332 g/mol. The third-order valence-corrected chi connectivity index (χ3v) is 4.40. The van der Waals surface area contributed by atoms with Gasteiger partial charge in [-0.25, -0.2) is 9.78 Å². The Bertz CT molecular complexity index is 904. The molecule has 0 aliphatic carbocycles. The molecule has 0 N–H and O–H groups in total. The van der Waals surface area contributed by atoms with Crippen molar-refractivity contribution in [2.75, 3.05) is 0 Å². The lowest BCUT2D eigenvalue weighted by atomic mass is 10.2. The molecule has 0 radical (unpaired) electrons. The van der Waals surface area contributed by atoms with Crippen LogP contribution in [-0.2, 0) is 11.3 Å². The first-order valence-corrected chi connectivity index (χ1v) is 7.78. The Labute approximate surface area is 140 Å². The third kappa shape index (κ3) is 3.49. The summed E-state index contributed by atoms with van der Waals surface area (Å²) < 4.78 is 11.0. The van der Waals surface area contributed by atoms with Crippen molar-refractivity contribution < 1.29 is 19.2 Å². The van der Waals surface area contributed by atoms with Gasteiger partial charge in [-0.05, 0) is 30.7 Å². The van der Waals surface area contributed by atoms with Crippen molar-refractivity contribution in [1.29, 1.82) is 0 Å². The van der Waals surface area contributed by atoms with Gasteiger partial charge in [-0.3, -0.25) is 10.1 Å². The summed E-state index contributed by atoms with van der Waals surface area (Å²) in [4.78, 5) is 26.1. The van der Waals surface area contributed by atoms with E-state index >= 15 is 0 Å². The highest BCUT2D eigenvalue weighted by molar-refractivity contribution is 7.18. The number of nitro groups is 1. The average molecular weight is 344 g/mol. The molecule has 7 nitrogen and oxygen atoms in total. The molecule has 0 aliphatic rings. The molecule has 122 valence electrons. The Hall–Kier alpha value is -3.00. The molecule has 3 aromatic rings. The van der Waals surface area contributed by atoms with E-state index in [0.717, 1.165) is 15.8 Å². The number of nitro benzene ring substituents is 1.